The molecule has 2 heterocycles. The summed E-state index contributed by atoms with van der Waals surface area (Å²) in [4.78, 5) is 4.62. The number of hydrogen-bond donors (Lipinski definition) is 1. The van der Waals surface area contributed by atoms with Crippen molar-refractivity contribution in [1.29, 1.82) is 0 Å². The van der Waals surface area contributed by atoms with Gasteiger partial charge in [0.1, 0.15) is 0 Å². The van der Waals surface area contributed by atoms with Crippen LogP contribution in [0.4, 0.5) is 0 Å². The molecule has 0 aromatic carbocycles. The van der Waals surface area contributed by atoms with Gasteiger partial charge in [-0.15, -0.1) is 0 Å². The zero-order valence-electron chi connectivity index (χ0n) is 10.1. The van der Waals surface area contributed by atoms with E-state index in [-0.39, 0.29) is 5.54 Å². The van der Waals surface area contributed by atoms with Crippen LogP contribution in [-0.4, -0.2) is 16.1 Å². The Balaban J connectivity index is 2.04. The molecule has 1 aliphatic carbocycles. The first-order chi connectivity index (χ1) is 7.86. The number of aryl methyl sites for hydroxylation is 1. The average molecular weight is 219 g/mol. The molecular weight excluding hydrogens is 198 g/mol. The Labute approximate surface area is 97.3 Å². The normalized spacial score (nSPS) is 22.6. The van der Waals surface area contributed by atoms with Crippen molar-refractivity contribution < 1.29 is 0 Å². The largest absolute Gasteiger partial charge is 0.333 e. The minimum Gasteiger partial charge on any atom is -0.333 e. The Morgan fingerprint density at radius 3 is 3.00 bits per heavy atom. The third kappa shape index (κ3) is 1.41. The summed E-state index contributed by atoms with van der Waals surface area (Å²) in [6.45, 7) is 4.46. The van der Waals surface area contributed by atoms with Gasteiger partial charge in [-0.2, -0.15) is 0 Å². The highest BCUT2D eigenvalue weighted by molar-refractivity contribution is 5.28. The molecule has 16 heavy (non-hydrogen) atoms. The van der Waals surface area contributed by atoms with Gasteiger partial charge in [0.2, 0.25) is 0 Å². The predicted molar refractivity (Wildman–Crippen MR) is 64.4 cm³/mol. The first-order valence-electron chi connectivity index (χ1n) is 6.65. The predicted octanol–water partition coefficient (Wildman–Crippen LogP) is 2.21. The molecule has 1 aromatic heterocycles. The smallest absolute Gasteiger partial charge is 0.0952 e. The highest BCUT2D eigenvalue weighted by Gasteiger charge is 2.41. The second kappa shape index (κ2) is 3.88. The van der Waals surface area contributed by atoms with Crippen LogP contribution in [0.15, 0.2) is 6.33 Å². The molecule has 3 heteroatoms. The van der Waals surface area contributed by atoms with Crippen molar-refractivity contribution in [2.75, 3.05) is 6.54 Å². The fourth-order valence-corrected chi connectivity index (χ4v) is 3.46. The minimum atomic E-state index is 0.277. The van der Waals surface area contributed by atoms with Crippen molar-refractivity contribution >= 4 is 0 Å². The molecule has 1 N–H and O–H groups in total. The highest BCUT2D eigenvalue weighted by Crippen LogP contribution is 2.41. The lowest BCUT2D eigenvalue weighted by molar-refractivity contribution is 0.300. The van der Waals surface area contributed by atoms with Crippen molar-refractivity contribution in [2.24, 2.45) is 0 Å². The molecule has 3 nitrogen and oxygen atoms in total. The molecule has 1 spiro atoms. The Morgan fingerprint density at radius 2 is 2.25 bits per heavy atom. The number of hydrogen-bond acceptors (Lipinski definition) is 2. The van der Waals surface area contributed by atoms with Crippen molar-refractivity contribution in [1.82, 2.24) is 14.9 Å². The highest BCUT2D eigenvalue weighted by atomic mass is 15.1. The number of imidazole rings is 1. The molecule has 0 amide bonds. The van der Waals surface area contributed by atoms with Crippen LogP contribution in [0.3, 0.4) is 0 Å². The lowest BCUT2D eigenvalue weighted by atomic mass is 9.87. The van der Waals surface area contributed by atoms with E-state index in [0.29, 0.717) is 0 Å². The first kappa shape index (κ1) is 10.3. The Hall–Kier alpha value is -0.830. The molecule has 1 aliphatic heterocycles. The van der Waals surface area contributed by atoms with Crippen LogP contribution in [-0.2, 0) is 18.5 Å². The van der Waals surface area contributed by atoms with Crippen LogP contribution in [0.1, 0.15) is 50.4 Å². The molecule has 0 unspecified atom stereocenters. The quantitative estimate of drug-likeness (QED) is 0.826. The number of nitrogens with zero attached hydrogens (tertiary/aromatic N) is 2. The van der Waals surface area contributed by atoms with Gasteiger partial charge in [-0.3, -0.25) is 0 Å². The Kier molecular flexibility index (Phi) is 2.51. The monoisotopic (exact) mass is 219 g/mol. The van der Waals surface area contributed by atoms with Gasteiger partial charge < -0.3 is 9.88 Å². The molecule has 1 fully saturated rings. The van der Waals surface area contributed by atoms with Gasteiger partial charge in [-0.05, 0) is 19.3 Å². The summed E-state index contributed by atoms with van der Waals surface area (Å²) >= 11 is 0. The number of aromatic nitrogens is 2. The maximum atomic E-state index is 4.62. The van der Waals surface area contributed by atoms with Crippen molar-refractivity contribution in [3.8, 4) is 0 Å². The van der Waals surface area contributed by atoms with Crippen LogP contribution < -0.4 is 5.32 Å². The summed E-state index contributed by atoms with van der Waals surface area (Å²) in [5, 5.41) is 3.77. The van der Waals surface area contributed by atoms with E-state index in [1.54, 1.807) is 0 Å². The van der Waals surface area contributed by atoms with Gasteiger partial charge in [-0.25, -0.2) is 4.98 Å². The second-order valence-corrected chi connectivity index (χ2v) is 5.20. The molecule has 1 saturated carbocycles. The van der Waals surface area contributed by atoms with E-state index in [1.807, 2.05) is 0 Å². The lowest BCUT2D eigenvalue weighted by Gasteiger charge is -2.36. The summed E-state index contributed by atoms with van der Waals surface area (Å²) in [6.07, 6.45) is 9.69. The molecular formula is C13H21N3. The average Bonchev–Trinajstić information content (AvgIpc) is 2.89. The van der Waals surface area contributed by atoms with E-state index < -0.39 is 0 Å². The number of rotatable bonds is 2. The van der Waals surface area contributed by atoms with E-state index in [2.05, 4.69) is 28.1 Å². The summed E-state index contributed by atoms with van der Waals surface area (Å²) in [5.41, 5.74) is 3.14. The third-order valence-corrected chi connectivity index (χ3v) is 4.11. The van der Waals surface area contributed by atoms with E-state index in [0.717, 1.165) is 19.5 Å². The zero-order valence-corrected chi connectivity index (χ0v) is 10.1. The molecule has 3 rings (SSSR count). The van der Waals surface area contributed by atoms with Crippen molar-refractivity contribution in [2.45, 2.75) is 57.5 Å². The van der Waals surface area contributed by atoms with Crippen LogP contribution >= 0.6 is 0 Å². The fourth-order valence-electron chi connectivity index (χ4n) is 3.46. The van der Waals surface area contributed by atoms with E-state index in [1.165, 1.54) is 43.5 Å². The standard InChI is InChI=1S/C13H21N3/c1-2-9-16-10-14-11-5-8-15-13(12(11)16)6-3-4-7-13/h10,15H,2-9H2,1H3. The zero-order chi connectivity index (χ0) is 11.0. The maximum absolute atomic E-state index is 4.62. The maximum Gasteiger partial charge on any atom is 0.0952 e. The fraction of sp³-hybridized carbons (Fsp3) is 0.769. The van der Waals surface area contributed by atoms with E-state index >= 15 is 0 Å². The Bertz CT molecular complexity index is 375. The first-order valence-corrected chi connectivity index (χ1v) is 6.65. The van der Waals surface area contributed by atoms with Crippen LogP contribution in [0.5, 0.6) is 0 Å². The molecule has 0 radical (unpaired) electrons. The summed E-state index contributed by atoms with van der Waals surface area (Å²) in [6, 6.07) is 0. The molecule has 88 valence electrons. The SMILES string of the molecule is CCCn1cnc2c1C1(CCCC1)NCC2. The summed E-state index contributed by atoms with van der Waals surface area (Å²) in [5.74, 6) is 0. The van der Waals surface area contributed by atoms with Gasteiger partial charge in [0.25, 0.3) is 0 Å². The molecule has 0 atom stereocenters. The molecule has 1 aromatic rings. The van der Waals surface area contributed by atoms with Crippen molar-refractivity contribution in [3.05, 3.63) is 17.7 Å². The van der Waals surface area contributed by atoms with Gasteiger partial charge >= 0.3 is 0 Å². The van der Waals surface area contributed by atoms with Crippen LogP contribution in [0, 0.1) is 0 Å². The van der Waals surface area contributed by atoms with Crippen molar-refractivity contribution in [3.63, 3.8) is 0 Å². The third-order valence-electron chi connectivity index (χ3n) is 4.11. The Morgan fingerprint density at radius 1 is 1.44 bits per heavy atom. The number of fused-ring (bicyclic) bond motifs is 2. The second-order valence-electron chi connectivity index (χ2n) is 5.20. The number of nitrogens with one attached hydrogen (secondary N) is 1. The molecule has 0 saturated heterocycles. The van der Waals surface area contributed by atoms with Gasteiger partial charge in [0.05, 0.1) is 23.3 Å². The summed E-state index contributed by atoms with van der Waals surface area (Å²) in [7, 11) is 0. The van der Waals surface area contributed by atoms with E-state index in [4.69, 9.17) is 0 Å². The lowest BCUT2D eigenvalue weighted by Crippen LogP contribution is -2.46. The molecule has 0 bridgehead atoms. The summed E-state index contributed by atoms with van der Waals surface area (Å²) < 4.78 is 2.40. The molecule has 2 aliphatic rings. The van der Waals surface area contributed by atoms with Gasteiger partial charge in [0, 0.05) is 19.5 Å². The minimum absolute atomic E-state index is 0.277. The topological polar surface area (TPSA) is 29.9 Å². The van der Waals surface area contributed by atoms with E-state index in [9.17, 15) is 0 Å². The van der Waals surface area contributed by atoms with Gasteiger partial charge in [-0.1, -0.05) is 19.8 Å². The van der Waals surface area contributed by atoms with Gasteiger partial charge in [0.15, 0.2) is 0 Å². The van der Waals surface area contributed by atoms with Crippen LogP contribution in [0.2, 0.25) is 0 Å². The van der Waals surface area contributed by atoms with Crippen LogP contribution in [0.25, 0.3) is 0 Å².